The second kappa shape index (κ2) is 2.57. The third-order valence-electron chi connectivity index (χ3n) is 1.61. The maximum absolute atomic E-state index is 4.26. The van der Waals surface area contributed by atoms with E-state index in [1.54, 1.807) is 11.5 Å². The van der Waals surface area contributed by atoms with E-state index in [9.17, 15) is 0 Å². The van der Waals surface area contributed by atoms with Gasteiger partial charge in [0.2, 0.25) is 0 Å². The Kier molecular flexibility index (Phi) is 1.69. The van der Waals surface area contributed by atoms with Gasteiger partial charge in [-0.2, -0.15) is 4.37 Å². The molecule has 3 heteroatoms. The van der Waals surface area contributed by atoms with E-state index in [1.165, 1.54) is 10.1 Å². The van der Waals surface area contributed by atoms with Crippen LogP contribution in [0, 0.1) is 6.92 Å². The van der Waals surface area contributed by atoms with E-state index in [-0.39, 0.29) is 0 Å². The minimum Gasteiger partial charge on any atom is -0.197 e. The average molecular weight is 228 g/mol. The Bertz CT molecular complexity index is 394. The Balaban J connectivity index is 2.87. The zero-order chi connectivity index (χ0) is 7.84. The number of aryl methyl sites for hydroxylation is 1. The van der Waals surface area contributed by atoms with E-state index in [1.807, 2.05) is 13.0 Å². The summed E-state index contributed by atoms with van der Waals surface area (Å²) in [5, 5.41) is 1.25. The topological polar surface area (TPSA) is 12.9 Å². The van der Waals surface area contributed by atoms with Crippen molar-refractivity contribution in [3.63, 3.8) is 0 Å². The zero-order valence-electron chi connectivity index (χ0n) is 5.97. The molecule has 56 valence electrons. The molecule has 1 aromatic heterocycles. The van der Waals surface area contributed by atoms with Gasteiger partial charge in [0, 0.05) is 9.86 Å². The quantitative estimate of drug-likeness (QED) is 0.673. The monoisotopic (exact) mass is 227 g/mol. The summed E-state index contributed by atoms with van der Waals surface area (Å²) in [5.41, 5.74) is 1.12. The lowest BCUT2D eigenvalue weighted by Crippen LogP contribution is -1.69. The van der Waals surface area contributed by atoms with Crippen LogP contribution in [0.4, 0.5) is 0 Å². The van der Waals surface area contributed by atoms with Crippen LogP contribution >= 0.6 is 27.5 Å². The molecule has 11 heavy (non-hydrogen) atoms. The minimum atomic E-state index is 1.12. The summed E-state index contributed by atoms with van der Waals surface area (Å²) in [4.78, 5) is 0. The van der Waals surface area contributed by atoms with Crippen molar-refractivity contribution < 1.29 is 0 Å². The van der Waals surface area contributed by atoms with Crippen LogP contribution in [0.25, 0.3) is 10.1 Å². The molecule has 1 heterocycles. The highest BCUT2D eigenvalue weighted by molar-refractivity contribution is 9.10. The second-order valence-corrected chi connectivity index (χ2v) is 4.13. The highest BCUT2D eigenvalue weighted by Gasteiger charge is 2.00. The van der Waals surface area contributed by atoms with Crippen LogP contribution in [0.15, 0.2) is 22.7 Å². The van der Waals surface area contributed by atoms with Crippen LogP contribution in [0.2, 0.25) is 0 Å². The third kappa shape index (κ3) is 1.19. The molecule has 0 fully saturated rings. The lowest BCUT2D eigenvalue weighted by Gasteiger charge is -1.89. The number of benzene rings is 1. The van der Waals surface area contributed by atoms with Gasteiger partial charge >= 0.3 is 0 Å². The van der Waals surface area contributed by atoms with Crippen LogP contribution in [0.5, 0.6) is 0 Å². The van der Waals surface area contributed by atoms with E-state index in [4.69, 9.17) is 0 Å². The van der Waals surface area contributed by atoms with Crippen LogP contribution in [-0.4, -0.2) is 4.37 Å². The molecule has 0 spiro atoms. The summed E-state index contributed by atoms with van der Waals surface area (Å²) in [6.45, 7) is 2.03. The largest absolute Gasteiger partial charge is 0.197 e. The molecule has 0 saturated heterocycles. The minimum absolute atomic E-state index is 1.12. The molecule has 2 rings (SSSR count). The lowest BCUT2D eigenvalue weighted by molar-refractivity contribution is 1.37. The van der Waals surface area contributed by atoms with Gasteiger partial charge in [0.25, 0.3) is 0 Å². The molecule has 1 aromatic carbocycles. The van der Waals surface area contributed by atoms with E-state index in [0.717, 1.165) is 10.2 Å². The van der Waals surface area contributed by atoms with Gasteiger partial charge in [0.05, 0.1) is 10.4 Å². The van der Waals surface area contributed by atoms with E-state index < -0.39 is 0 Å². The Labute approximate surface area is 77.3 Å². The van der Waals surface area contributed by atoms with Crippen LogP contribution < -0.4 is 0 Å². The average Bonchev–Trinajstić information content (AvgIpc) is 2.33. The van der Waals surface area contributed by atoms with Crippen molar-refractivity contribution in [3.05, 3.63) is 28.4 Å². The Hall–Kier alpha value is -0.410. The van der Waals surface area contributed by atoms with Gasteiger partial charge in [0.1, 0.15) is 0 Å². The first-order valence-electron chi connectivity index (χ1n) is 3.29. The summed E-state index contributed by atoms with van der Waals surface area (Å²) in [6, 6.07) is 6.23. The van der Waals surface area contributed by atoms with Crippen molar-refractivity contribution in [1.82, 2.24) is 4.37 Å². The maximum Gasteiger partial charge on any atom is 0.0590 e. The molecule has 2 aromatic rings. The number of rotatable bonds is 0. The van der Waals surface area contributed by atoms with E-state index >= 15 is 0 Å². The molecule has 0 amide bonds. The van der Waals surface area contributed by atoms with Crippen molar-refractivity contribution in [3.8, 4) is 0 Å². The molecule has 0 unspecified atom stereocenters. The smallest absolute Gasteiger partial charge is 0.0590 e. The van der Waals surface area contributed by atoms with Gasteiger partial charge in [-0.1, -0.05) is 15.9 Å². The van der Waals surface area contributed by atoms with Crippen LogP contribution in [-0.2, 0) is 0 Å². The molecule has 0 atom stereocenters. The fourth-order valence-electron chi connectivity index (χ4n) is 1.03. The lowest BCUT2D eigenvalue weighted by atomic mass is 10.2. The first kappa shape index (κ1) is 7.25. The number of hydrogen-bond donors (Lipinski definition) is 0. The number of fused-ring (bicyclic) bond motifs is 1. The first-order valence-corrected chi connectivity index (χ1v) is 4.85. The Morgan fingerprint density at radius 3 is 3.09 bits per heavy atom. The Morgan fingerprint density at radius 1 is 1.45 bits per heavy atom. The molecule has 0 N–H and O–H groups in total. The molecular weight excluding hydrogens is 222 g/mol. The van der Waals surface area contributed by atoms with E-state index in [2.05, 4.69) is 32.4 Å². The summed E-state index contributed by atoms with van der Waals surface area (Å²) in [6.07, 6.45) is 0. The van der Waals surface area contributed by atoms with Crippen LogP contribution in [0.3, 0.4) is 0 Å². The van der Waals surface area contributed by atoms with Gasteiger partial charge in [0.15, 0.2) is 0 Å². The van der Waals surface area contributed by atoms with Crippen LogP contribution in [0.1, 0.15) is 5.69 Å². The van der Waals surface area contributed by atoms with Crippen molar-refractivity contribution in [1.29, 1.82) is 0 Å². The molecule has 0 aliphatic heterocycles. The fraction of sp³-hybridized carbons (Fsp3) is 0.125. The standard InChI is InChI=1S/C8H6BrNS/c1-5-7-4-6(9)2-3-8(7)11-10-5/h2-4H,1H3. The van der Waals surface area contributed by atoms with Gasteiger partial charge in [-0.3, -0.25) is 0 Å². The predicted molar refractivity (Wildman–Crippen MR) is 52.1 cm³/mol. The number of hydrogen-bond acceptors (Lipinski definition) is 2. The molecule has 0 aliphatic carbocycles. The van der Waals surface area contributed by atoms with Gasteiger partial charge in [-0.25, -0.2) is 0 Å². The highest BCUT2D eigenvalue weighted by Crippen LogP contribution is 2.25. The number of nitrogens with zero attached hydrogens (tertiary/aromatic N) is 1. The van der Waals surface area contributed by atoms with Gasteiger partial charge in [-0.15, -0.1) is 0 Å². The van der Waals surface area contributed by atoms with Gasteiger partial charge < -0.3 is 0 Å². The summed E-state index contributed by atoms with van der Waals surface area (Å²) >= 11 is 4.98. The molecular formula is C8H6BrNS. The summed E-state index contributed by atoms with van der Waals surface area (Å²) < 4.78 is 6.63. The fourth-order valence-corrected chi connectivity index (χ4v) is 2.16. The van der Waals surface area contributed by atoms with Crippen molar-refractivity contribution in [2.75, 3.05) is 0 Å². The highest BCUT2D eigenvalue weighted by atomic mass is 79.9. The zero-order valence-corrected chi connectivity index (χ0v) is 8.37. The molecule has 0 bridgehead atoms. The summed E-state index contributed by atoms with van der Waals surface area (Å²) in [5.74, 6) is 0. The predicted octanol–water partition coefficient (Wildman–Crippen LogP) is 3.37. The van der Waals surface area contributed by atoms with Crippen molar-refractivity contribution in [2.45, 2.75) is 6.92 Å². The maximum atomic E-state index is 4.26. The number of aromatic nitrogens is 1. The van der Waals surface area contributed by atoms with Gasteiger partial charge in [-0.05, 0) is 36.7 Å². The normalized spacial score (nSPS) is 10.7. The van der Waals surface area contributed by atoms with Crippen molar-refractivity contribution >= 4 is 37.5 Å². The van der Waals surface area contributed by atoms with Crippen molar-refractivity contribution in [2.24, 2.45) is 0 Å². The van der Waals surface area contributed by atoms with E-state index in [0.29, 0.717) is 0 Å². The third-order valence-corrected chi connectivity index (χ3v) is 3.02. The molecule has 1 nitrogen and oxygen atoms in total. The second-order valence-electron chi connectivity index (χ2n) is 2.41. The summed E-state index contributed by atoms with van der Waals surface area (Å²) in [7, 11) is 0. The first-order chi connectivity index (χ1) is 5.27. The Morgan fingerprint density at radius 2 is 2.27 bits per heavy atom. The molecule has 0 radical (unpaired) electrons. The number of halogens is 1. The SMILES string of the molecule is Cc1nsc2ccc(Br)cc12. The molecule has 0 aliphatic rings. The molecule has 0 saturated carbocycles.